The molecule has 2 heteroatoms. The van der Waals surface area contributed by atoms with Crippen LogP contribution in [0.3, 0.4) is 0 Å². The van der Waals surface area contributed by atoms with Crippen molar-refractivity contribution in [2.75, 3.05) is 0 Å². The van der Waals surface area contributed by atoms with Gasteiger partial charge in [-0.1, -0.05) is 173 Å². The minimum atomic E-state index is 0. The monoisotopic (exact) mass is 925 g/mol. The summed E-state index contributed by atoms with van der Waals surface area (Å²) in [6.07, 6.45) is 39.8. The second-order valence-electron chi connectivity index (χ2n) is 26.9. The molecule has 0 aromatic heterocycles. The Morgan fingerprint density at radius 1 is 0.344 bits per heavy atom. The van der Waals surface area contributed by atoms with Crippen LogP contribution >= 0.6 is 27.0 Å². The fourth-order valence-corrected chi connectivity index (χ4v) is 20.3. The Kier molecular flexibility index (Phi) is 22.3. The SMILES string of the molecule is CCC1CCC2CCC(C(C)C(C)C(C(C)C)C3CCCC4CCCCC43)C(C)C2C1.CCC1CCC2CCC(C(C)C(C)C(C(C)C)C3CCCC4CCCCC43)C(C)C2C1.S.S. The molecule has 0 amide bonds. The molecule has 0 aromatic carbocycles. The van der Waals surface area contributed by atoms with E-state index in [0.29, 0.717) is 0 Å². The van der Waals surface area contributed by atoms with E-state index in [2.05, 4.69) is 83.1 Å². The topological polar surface area (TPSA) is 0 Å². The summed E-state index contributed by atoms with van der Waals surface area (Å²) in [5, 5.41) is 0. The summed E-state index contributed by atoms with van der Waals surface area (Å²) in [6, 6.07) is 0. The van der Waals surface area contributed by atoms with Crippen molar-refractivity contribution in [1.82, 2.24) is 0 Å². The lowest BCUT2D eigenvalue weighted by Gasteiger charge is -2.52. The van der Waals surface area contributed by atoms with Crippen molar-refractivity contribution in [3.63, 3.8) is 0 Å². The second kappa shape index (κ2) is 25.7. The molecular formula is C62H116S2. The van der Waals surface area contributed by atoms with Gasteiger partial charge in [-0.2, -0.15) is 27.0 Å². The van der Waals surface area contributed by atoms with Crippen LogP contribution in [-0.4, -0.2) is 0 Å². The zero-order valence-corrected chi connectivity index (χ0v) is 47.2. The van der Waals surface area contributed by atoms with Gasteiger partial charge in [0.25, 0.3) is 0 Å². The first kappa shape index (κ1) is 55.6. The highest BCUT2D eigenvalue weighted by Gasteiger charge is 2.49. The summed E-state index contributed by atoms with van der Waals surface area (Å²) in [7, 11) is 0. The lowest BCUT2D eigenvalue weighted by atomic mass is 9.53. The first-order valence-electron chi connectivity index (χ1n) is 29.8. The molecule has 8 fully saturated rings. The van der Waals surface area contributed by atoms with Gasteiger partial charge < -0.3 is 0 Å². The molecule has 8 aliphatic carbocycles. The molecule has 8 saturated carbocycles. The van der Waals surface area contributed by atoms with Crippen LogP contribution in [0.15, 0.2) is 0 Å². The summed E-state index contributed by atoms with van der Waals surface area (Å²) < 4.78 is 0. The minimum Gasteiger partial charge on any atom is -0.197 e. The molecule has 22 unspecified atom stereocenters. The van der Waals surface area contributed by atoms with E-state index in [9.17, 15) is 0 Å². The maximum atomic E-state index is 2.70. The molecule has 8 rings (SSSR count). The summed E-state index contributed by atoms with van der Waals surface area (Å²) in [5.74, 6) is 23.8. The van der Waals surface area contributed by atoms with Crippen molar-refractivity contribution in [2.24, 2.45) is 142 Å². The van der Waals surface area contributed by atoms with Crippen LogP contribution in [0.4, 0.5) is 0 Å². The lowest BCUT2D eigenvalue weighted by molar-refractivity contribution is -0.0288. The fraction of sp³-hybridized carbons (Fsp3) is 1.00. The van der Waals surface area contributed by atoms with Crippen LogP contribution in [-0.2, 0) is 0 Å². The van der Waals surface area contributed by atoms with E-state index >= 15 is 0 Å². The Balaban J connectivity index is 0.000000234. The Morgan fingerprint density at radius 3 is 1.03 bits per heavy atom. The van der Waals surface area contributed by atoms with Crippen molar-refractivity contribution in [3.05, 3.63) is 0 Å². The first-order chi connectivity index (χ1) is 29.8. The predicted octanol–water partition coefficient (Wildman–Crippen LogP) is 19.5. The smallest absolute Gasteiger partial charge is 0.0331 e. The standard InChI is InChI=1S/2C31H56.2H2S/c2*1-7-24-15-16-26-17-18-27(23(6)30(26)19-24)21(4)22(5)31(20(2)3)29-14-10-12-25-11-8-9-13-28(25)29;;/h2*20-31H,7-19H2,1-6H3;2*1H2. The van der Waals surface area contributed by atoms with Crippen LogP contribution in [0.25, 0.3) is 0 Å². The maximum absolute atomic E-state index is 2.70. The highest BCUT2D eigenvalue weighted by atomic mass is 32.1. The molecule has 0 N–H and O–H groups in total. The van der Waals surface area contributed by atoms with Gasteiger partial charge in [-0.15, -0.1) is 0 Å². The average molecular weight is 926 g/mol. The van der Waals surface area contributed by atoms with Crippen LogP contribution in [0.2, 0.25) is 0 Å². The van der Waals surface area contributed by atoms with Crippen LogP contribution < -0.4 is 0 Å². The predicted molar refractivity (Wildman–Crippen MR) is 293 cm³/mol. The Morgan fingerprint density at radius 2 is 0.672 bits per heavy atom. The summed E-state index contributed by atoms with van der Waals surface area (Å²) in [6.45, 7) is 31.4. The normalized spacial score (nSPS) is 42.8. The molecule has 0 bridgehead atoms. The molecule has 0 heterocycles. The van der Waals surface area contributed by atoms with E-state index in [1.807, 2.05) is 0 Å². The molecule has 0 aromatic rings. The van der Waals surface area contributed by atoms with Crippen molar-refractivity contribution < 1.29 is 0 Å². The molecule has 64 heavy (non-hydrogen) atoms. The molecular weight excluding hydrogens is 809 g/mol. The van der Waals surface area contributed by atoms with Gasteiger partial charge in [0.15, 0.2) is 0 Å². The Labute approximate surface area is 416 Å². The van der Waals surface area contributed by atoms with E-state index < -0.39 is 0 Å². The maximum Gasteiger partial charge on any atom is -0.0331 e. The highest BCUT2D eigenvalue weighted by molar-refractivity contribution is 7.59. The number of hydrogen-bond donors (Lipinski definition) is 0. The summed E-state index contributed by atoms with van der Waals surface area (Å²) >= 11 is 0. The van der Waals surface area contributed by atoms with Gasteiger partial charge in [-0.05, 0) is 219 Å². The van der Waals surface area contributed by atoms with Gasteiger partial charge in [0, 0.05) is 0 Å². The first-order valence-corrected chi connectivity index (χ1v) is 29.8. The van der Waals surface area contributed by atoms with Gasteiger partial charge in [0.2, 0.25) is 0 Å². The Bertz CT molecular complexity index is 1200. The molecule has 0 aliphatic heterocycles. The number of fused-ring (bicyclic) bond motifs is 4. The molecule has 376 valence electrons. The van der Waals surface area contributed by atoms with Gasteiger partial charge in [0.05, 0.1) is 0 Å². The summed E-state index contributed by atoms with van der Waals surface area (Å²) in [5.41, 5.74) is 0. The fourth-order valence-electron chi connectivity index (χ4n) is 20.3. The van der Waals surface area contributed by atoms with Gasteiger partial charge >= 0.3 is 0 Å². The highest BCUT2D eigenvalue weighted by Crippen LogP contribution is 2.57. The zero-order valence-electron chi connectivity index (χ0n) is 45.2. The van der Waals surface area contributed by atoms with E-state index in [1.54, 1.807) is 89.9 Å². The zero-order chi connectivity index (χ0) is 44.2. The van der Waals surface area contributed by atoms with E-state index in [4.69, 9.17) is 0 Å². The third-order valence-electron chi connectivity index (χ3n) is 23.9. The molecule has 0 spiro atoms. The third-order valence-corrected chi connectivity index (χ3v) is 23.9. The number of hydrogen-bond acceptors (Lipinski definition) is 0. The van der Waals surface area contributed by atoms with Crippen LogP contribution in [0, 0.1) is 142 Å². The van der Waals surface area contributed by atoms with Crippen molar-refractivity contribution >= 4 is 27.0 Å². The quantitative estimate of drug-likeness (QED) is 0.183. The van der Waals surface area contributed by atoms with Crippen molar-refractivity contribution in [3.8, 4) is 0 Å². The van der Waals surface area contributed by atoms with E-state index in [1.165, 1.54) is 77.0 Å². The lowest BCUT2D eigenvalue weighted by Crippen LogP contribution is -2.44. The van der Waals surface area contributed by atoms with Crippen molar-refractivity contribution in [1.29, 1.82) is 0 Å². The van der Waals surface area contributed by atoms with Crippen LogP contribution in [0.5, 0.6) is 0 Å². The average Bonchev–Trinajstić information content (AvgIpc) is 3.29. The van der Waals surface area contributed by atoms with Crippen molar-refractivity contribution in [2.45, 2.75) is 250 Å². The van der Waals surface area contributed by atoms with Gasteiger partial charge in [-0.25, -0.2) is 0 Å². The molecule has 22 atom stereocenters. The van der Waals surface area contributed by atoms with Gasteiger partial charge in [-0.3, -0.25) is 0 Å². The molecule has 0 radical (unpaired) electrons. The minimum absolute atomic E-state index is 0. The second-order valence-corrected chi connectivity index (χ2v) is 26.9. The molecule has 8 aliphatic rings. The summed E-state index contributed by atoms with van der Waals surface area (Å²) in [4.78, 5) is 0. The molecule has 0 saturated heterocycles. The van der Waals surface area contributed by atoms with Crippen LogP contribution in [0.1, 0.15) is 250 Å². The van der Waals surface area contributed by atoms with E-state index in [-0.39, 0.29) is 27.0 Å². The third kappa shape index (κ3) is 12.4. The number of rotatable bonds is 12. The van der Waals surface area contributed by atoms with Gasteiger partial charge in [0.1, 0.15) is 0 Å². The largest absolute Gasteiger partial charge is 0.197 e. The molecule has 0 nitrogen and oxygen atoms in total. The van der Waals surface area contributed by atoms with E-state index in [0.717, 1.165) is 142 Å². The Hall–Kier alpha value is 0.700.